The molecule has 0 saturated carbocycles. The van der Waals surface area contributed by atoms with E-state index < -0.39 is 0 Å². The number of ether oxygens (including phenoxy) is 1. The lowest BCUT2D eigenvalue weighted by atomic mass is 10.1. The molecule has 0 aliphatic carbocycles. The van der Waals surface area contributed by atoms with Gasteiger partial charge in [-0.25, -0.2) is 4.79 Å². The molecule has 2 heterocycles. The minimum absolute atomic E-state index is 0.0649. The van der Waals surface area contributed by atoms with Crippen LogP contribution in [0.3, 0.4) is 0 Å². The number of alkyl carbamates (subject to hydrolysis) is 1. The van der Waals surface area contributed by atoms with E-state index in [-0.39, 0.29) is 12.1 Å². The number of hydrogen-bond acceptors (Lipinski definition) is 3. The van der Waals surface area contributed by atoms with Gasteiger partial charge in [-0.1, -0.05) is 0 Å². The molecule has 5 heteroatoms. The number of nitrogens with one attached hydrogen (secondary N) is 1. The number of nitrogens with zero attached hydrogens (tertiary/aromatic N) is 1. The van der Waals surface area contributed by atoms with Gasteiger partial charge < -0.3 is 10.1 Å². The minimum Gasteiger partial charge on any atom is -0.447 e. The van der Waals surface area contributed by atoms with Crippen LogP contribution < -0.4 is 5.32 Å². The second kappa shape index (κ2) is 3.33. The maximum atomic E-state index is 10.8. The molecule has 0 aromatic carbocycles. The Labute approximate surface area is 83.4 Å². The quantitative estimate of drug-likeness (QED) is 0.815. The van der Waals surface area contributed by atoms with Gasteiger partial charge in [-0.2, -0.15) is 0 Å². The standard InChI is InChI=1S/C8H7BrN2O2/c9-6-3-10-2-1-5(6)7-4-13-8(12)11-7/h1-3,7H,4H2,(H,11,12). The van der Waals surface area contributed by atoms with Crippen LogP contribution in [0.15, 0.2) is 22.9 Å². The number of carbonyl (C=O) groups is 1. The van der Waals surface area contributed by atoms with Gasteiger partial charge in [-0.3, -0.25) is 4.98 Å². The maximum Gasteiger partial charge on any atom is 0.407 e. The van der Waals surface area contributed by atoms with E-state index in [1.165, 1.54) is 0 Å². The van der Waals surface area contributed by atoms with Crippen LogP contribution >= 0.6 is 15.9 Å². The van der Waals surface area contributed by atoms with Crippen molar-refractivity contribution >= 4 is 22.0 Å². The maximum absolute atomic E-state index is 10.8. The summed E-state index contributed by atoms with van der Waals surface area (Å²) < 4.78 is 5.66. The largest absolute Gasteiger partial charge is 0.447 e. The highest BCUT2D eigenvalue weighted by Gasteiger charge is 2.24. The molecule has 1 fully saturated rings. The van der Waals surface area contributed by atoms with E-state index >= 15 is 0 Å². The fraction of sp³-hybridized carbons (Fsp3) is 0.250. The first-order valence-electron chi connectivity index (χ1n) is 3.80. The van der Waals surface area contributed by atoms with Crippen LogP contribution in [0.5, 0.6) is 0 Å². The Kier molecular flexibility index (Phi) is 2.18. The number of aromatic nitrogens is 1. The monoisotopic (exact) mass is 242 g/mol. The highest BCUT2D eigenvalue weighted by Crippen LogP contribution is 2.24. The number of amides is 1. The molecule has 1 aliphatic heterocycles. The summed E-state index contributed by atoms with van der Waals surface area (Å²) in [7, 11) is 0. The molecule has 1 aromatic rings. The molecule has 1 amide bonds. The first kappa shape index (κ1) is 8.50. The van der Waals surface area contributed by atoms with Gasteiger partial charge in [0, 0.05) is 16.9 Å². The molecule has 2 rings (SSSR count). The second-order valence-corrected chi connectivity index (χ2v) is 3.55. The number of halogens is 1. The van der Waals surface area contributed by atoms with Crippen molar-refractivity contribution in [2.75, 3.05) is 6.61 Å². The highest BCUT2D eigenvalue weighted by atomic mass is 79.9. The highest BCUT2D eigenvalue weighted by molar-refractivity contribution is 9.10. The molecule has 13 heavy (non-hydrogen) atoms. The first-order chi connectivity index (χ1) is 6.27. The van der Waals surface area contributed by atoms with Gasteiger partial charge in [-0.05, 0) is 27.6 Å². The lowest BCUT2D eigenvalue weighted by molar-refractivity contribution is 0.177. The molecular formula is C8H7BrN2O2. The molecule has 1 atom stereocenters. The molecule has 1 aromatic heterocycles. The SMILES string of the molecule is O=C1NC(c2ccncc2Br)CO1. The average Bonchev–Trinajstić information content (AvgIpc) is 2.53. The Morgan fingerprint density at radius 2 is 2.54 bits per heavy atom. The Morgan fingerprint density at radius 3 is 3.15 bits per heavy atom. The van der Waals surface area contributed by atoms with E-state index in [4.69, 9.17) is 4.74 Å². The van der Waals surface area contributed by atoms with E-state index in [2.05, 4.69) is 26.2 Å². The summed E-state index contributed by atoms with van der Waals surface area (Å²) in [6.07, 6.45) is 3.01. The smallest absolute Gasteiger partial charge is 0.407 e. The summed E-state index contributed by atoms with van der Waals surface area (Å²) >= 11 is 3.36. The Balaban J connectivity index is 2.26. The molecule has 0 radical (unpaired) electrons. The third kappa shape index (κ3) is 1.65. The number of hydrogen-bond donors (Lipinski definition) is 1. The lowest BCUT2D eigenvalue weighted by Gasteiger charge is -2.08. The molecular weight excluding hydrogens is 236 g/mol. The predicted molar refractivity (Wildman–Crippen MR) is 49.2 cm³/mol. The van der Waals surface area contributed by atoms with Crippen molar-refractivity contribution in [1.82, 2.24) is 10.3 Å². The molecule has 1 aliphatic rings. The molecule has 1 saturated heterocycles. The average molecular weight is 243 g/mol. The van der Waals surface area contributed by atoms with Crippen LogP contribution in [0, 0.1) is 0 Å². The Bertz CT molecular complexity index is 343. The van der Waals surface area contributed by atoms with Crippen LogP contribution in [-0.2, 0) is 4.74 Å². The fourth-order valence-electron chi connectivity index (χ4n) is 1.22. The summed E-state index contributed by atoms with van der Waals surface area (Å²) in [6.45, 7) is 0.376. The van der Waals surface area contributed by atoms with Crippen molar-refractivity contribution in [3.05, 3.63) is 28.5 Å². The van der Waals surface area contributed by atoms with Gasteiger partial charge in [0.15, 0.2) is 0 Å². The van der Waals surface area contributed by atoms with E-state index in [0.717, 1.165) is 10.0 Å². The van der Waals surface area contributed by atoms with Gasteiger partial charge in [-0.15, -0.1) is 0 Å². The van der Waals surface area contributed by atoms with Crippen molar-refractivity contribution in [1.29, 1.82) is 0 Å². The van der Waals surface area contributed by atoms with Crippen molar-refractivity contribution < 1.29 is 9.53 Å². The third-order valence-corrected chi connectivity index (χ3v) is 2.51. The Hall–Kier alpha value is -1.10. The molecule has 68 valence electrons. The van der Waals surface area contributed by atoms with Gasteiger partial charge in [0.25, 0.3) is 0 Å². The van der Waals surface area contributed by atoms with Crippen molar-refractivity contribution in [3.63, 3.8) is 0 Å². The molecule has 0 spiro atoms. The van der Waals surface area contributed by atoms with Gasteiger partial charge >= 0.3 is 6.09 Å². The van der Waals surface area contributed by atoms with Gasteiger partial charge in [0.1, 0.15) is 6.61 Å². The fourth-order valence-corrected chi connectivity index (χ4v) is 1.75. The predicted octanol–water partition coefficient (Wildman–Crippen LogP) is 1.62. The molecule has 0 bridgehead atoms. The molecule has 1 unspecified atom stereocenters. The first-order valence-corrected chi connectivity index (χ1v) is 4.59. The van der Waals surface area contributed by atoms with E-state index in [1.54, 1.807) is 12.4 Å². The normalized spacial score (nSPS) is 21.0. The van der Waals surface area contributed by atoms with Crippen molar-refractivity contribution in [2.45, 2.75) is 6.04 Å². The van der Waals surface area contributed by atoms with Crippen LogP contribution in [0.25, 0.3) is 0 Å². The van der Waals surface area contributed by atoms with Crippen LogP contribution in [0.4, 0.5) is 4.79 Å². The van der Waals surface area contributed by atoms with Crippen LogP contribution in [-0.4, -0.2) is 17.7 Å². The Morgan fingerprint density at radius 1 is 1.69 bits per heavy atom. The zero-order valence-corrected chi connectivity index (χ0v) is 8.24. The number of carbonyl (C=O) groups excluding carboxylic acids is 1. The zero-order chi connectivity index (χ0) is 9.26. The topological polar surface area (TPSA) is 51.2 Å². The van der Waals surface area contributed by atoms with Gasteiger partial charge in [0.05, 0.1) is 6.04 Å². The van der Waals surface area contributed by atoms with Gasteiger partial charge in [0.2, 0.25) is 0 Å². The van der Waals surface area contributed by atoms with Crippen molar-refractivity contribution in [3.8, 4) is 0 Å². The number of pyridine rings is 1. The van der Waals surface area contributed by atoms with Crippen LogP contribution in [0.1, 0.15) is 11.6 Å². The summed E-state index contributed by atoms with van der Waals surface area (Å²) in [5.41, 5.74) is 0.987. The number of rotatable bonds is 1. The van der Waals surface area contributed by atoms with E-state index in [0.29, 0.717) is 6.61 Å². The molecule has 1 N–H and O–H groups in total. The second-order valence-electron chi connectivity index (χ2n) is 2.69. The van der Waals surface area contributed by atoms with Crippen LogP contribution in [0.2, 0.25) is 0 Å². The third-order valence-electron chi connectivity index (χ3n) is 1.85. The summed E-state index contributed by atoms with van der Waals surface area (Å²) in [6, 6.07) is 1.79. The molecule has 4 nitrogen and oxygen atoms in total. The summed E-state index contributed by atoms with van der Waals surface area (Å²) in [4.78, 5) is 14.7. The van der Waals surface area contributed by atoms with E-state index in [9.17, 15) is 4.79 Å². The number of cyclic esters (lactones) is 1. The van der Waals surface area contributed by atoms with E-state index in [1.807, 2.05) is 6.07 Å². The minimum atomic E-state index is -0.367. The zero-order valence-electron chi connectivity index (χ0n) is 6.66. The summed E-state index contributed by atoms with van der Waals surface area (Å²) in [5.74, 6) is 0. The summed E-state index contributed by atoms with van der Waals surface area (Å²) in [5, 5.41) is 2.69. The van der Waals surface area contributed by atoms with Crippen molar-refractivity contribution in [2.24, 2.45) is 0 Å². The lowest BCUT2D eigenvalue weighted by Crippen LogP contribution is -2.18.